The summed E-state index contributed by atoms with van der Waals surface area (Å²) < 4.78 is 5.09. The molecule has 122 valence electrons. The highest BCUT2D eigenvalue weighted by molar-refractivity contribution is 7.99. The molecule has 2 atom stereocenters. The van der Waals surface area contributed by atoms with Gasteiger partial charge in [-0.05, 0) is 32.6 Å². The highest BCUT2D eigenvalue weighted by atomic mass is 32.2. The van der Waals surface area contributed by atoms with E-state index in [1.165, 1.54) is 16.7 Å². The van der Waals surface area contributed by atoms with Gasteiger partial charge in [-0.15, -0.1) is 11.8 Å². The molecule has 2 unspecified atom stereocenters. The van der Waals surface area contributed by atoms with E-state index >= 15 is 0 Å². The number of rotatable bonds is 5. The summed E-state index contributed by atoms with van der Waals surface area (Å²) in [5.74, 6) is 1.04. The van der Waals surface area contributed by atoms with Crippen LogP contribution < -0.4 is 0 Å². The minimum absolute atomic E-state index is 0.101. The molecule has 6 nitrogen and oxygen atoms in total. The first-order chi connectivity index (χ1) is 10.4. The van der Waals surface area contributed by atoms with Crippen LogP contribution in [0.25, 0.3) is 0 Å². The van der Waals surface area contributed by atoms with E-state index in [2.05, 4.69) is 5.16 Å². The maximum absolute atomic E-state index is 12.3. The monoisotopic (exact) mass is 326 g/mol. The molecule has 0 radical (unpaired) electrons. The lowest BCUT2D eigenvalue weighted by atomic mass is 9.92. The fourth-order valence-electron chi connectivity index (χ4n) is 2.71. The molecule has 2 rings (SSSR count). The number of piperidine rings is 1. The number of carboxylic acids is 1. The lowest BCUT2D eigenvalue weighted by Crippen LogP contribution is -2.50. The SMILES string of the molecule is Cc1noc(C)c1CSCC(=O)N1CCC(C)CC1C(=O)O. The van der Waals surface area contributed by atoms with Gasteiger partial charge in [0.05, 0.1) is 11.4 Å². The third kappa shape index (κ3) is 3.82. The number of carbonyl (C=O) groups excluding carboxylic acids is 1. The second kappa shape index (κ2) is 7.17. The Kier molecular flexibility index (Phi) is 5.50. The largest absolute Gasteiger partial charge is 0.480 e. The first-order valence-electron chi connectivity index (χ1n) is 7.42. The molecule has 0 aromatic carbocycles. The van der Waals surface area contributed by atoms with Crippen molar-refractivity contribution in [3.05, 3.63) is 17.0 Å². The van der Waals surface area contributed by atoms with Crippen LogP contribution in [-0.4, -0.2) is 45.4 Å². The zero-order valence-corrected chi connectivity index (χ0v) is 14.0. The van der Waals surface area contributed by atoms with Crippen molar-refractivity contribution in [2.24, 2.45) is 5.92 Å². The molecule has 1 amide bonds. The molecule has 1 N–H and O–H groups in total. The maximum atomic E-state index is 12.3. The van der Waals surface area contributed by atoms with Crippen molar-refractivity contribution < 1.29 is 19.2 Å². The maximum Gasteiger partial charge on any atom is 0.326 e. The molecule has 0 spiro atoms. The third-order valence-corrected chi connectivity index (χ3v) is 5.07. The Balaban J connectivity index is 1.90. The molecule has 0 bridgehead atoms. The third-order valence-electron chi connectivity index (χ3n) is 4.12. The van der Waals surface area contributed by atoms with E-state index < -0.39 is 12.0 Å². The summed E-state index contributed by atoms with van der Waals surface area (Å²) in [6.45, 7) is 6.29. The van der Waals surface area contributed by atoms with Gasteiger partial charge in [0.25, 0.3) is 0 Å². The van der Waals surface area contributed by atoms with Crippen LogP contribution in [-0.2, 0) is 15.3 Å². The average Bonchev–Trinajstić information content (AvgIpc) is 2.78. The topological polar surface area (TPSA) is 83.6 Å². The number of hydrogen-bond acceptors (Lipinski definition) is 5. The second-order valence-electron chi connectivity index (χ2n) is 5.87. The minimum Gasteiger partial charge on any atom is -0.480 e. The molecular formula is C15H22N2O4S. The Morgan fingerprint density at radius 1 is 1.45 bits per heavy atom. The predicted octanol–water partition coefficient (Wildman–Crippen LogP) is 2.24. The van der Waals surface area contributed by atoms with Crippen molar-refractivity contribution in [2.75, 3.05) is 12.3 Å². The average molecular weight is 326 g/mol. The number of aromatic nitrogens is 1. The fourth-order valence-corrected chi connectivity index (χ4v) is 3.76. The summed E-state index contributed by atoms with van der Waals surface area (Å²) in [5, 5.41) is 13.2. The minimum atomic E-state index is -0.907. The van der Waals surface area contributed by atoms with Crippen molar-refractivity contribution in [2.45, 2.75) is 45.4 Å². The van der Waals surface area contributed by atoms with Gasteiger partial charge in [-0.2, -0.15) is 0 Å². The van der Waals surface area contributed by atoms with E-state index in [-0.39, 0.29) is 11.7 Å². The van der Waals surface area contributed by atoms with Gasteiger partial charge in [-0.1, -0.05) is 12.1 Å². The zero-order chi connectivity index (χ0) is 16.3. The van der Waals surface area contributed by atoms with Gasteiger partial charge in [-0.3, -0.25) is 4.79 Å². The van der Waals surface area contributed by atoms with E-state index in [1.807, 2.05) is 20.8 Å². The normalized spacial score (nSPS) is 21.9. The first kappa shape index (κ1) is 16.9. The van der Waals surface area contributed by atoms with Crippen molar-refractivity contribution >= 4 is 23.6 Å². The van der Waals surface area contributed by atoms with Gasteiger partial charge < -0.3 is 14.5 Å². The molecule has 22 heavy (non-hydrogen) atoms. The van der Waals surface area contributed by atoms with Gasteiger partial charge in [-0.25, -0.2) is 4.79 Å². The standard InChI is InChI=1S/C15H22N2O4S/c1-9-4-5-17(13(6-9)15(19)20)14(18)8-22-7-12-10(2)16-21-11(12)3/h9,13H,4-8H2,1-3H3,(H,19,20). The predicted molar refractivity (Wildman–Crippen MR) is 83.7 cm³/mol. The van der Waals surface area contributed by atoms with Gasteiger partial charge >= 0.3 is 5.97 Å². The molecule has 1 aromatic rings. The number of amides is 1. The molecule has 1 aliphatic heterocycles. The molecule has 1 fully saturated rings. The number of likely N-dealkylation sites (tertiary alicyclic amines) is 1. The second-order valence-corrected chi connectivity index (χ2v) is 6.85. The molecule has 1 aromatic heterocycles. The summed E-state index contributed by atoms with van der Waals surface area (Å²) in [5.41, 5.74) is 1.85. The number of hydrogen-bond donors (Lipinski definition) is 1. The highest BCUT2D eigenvalue weighted by Gasteiger charge is 2.34. The summed E-state index contributed by atoms with van der Waals surface area (Å²) in [4.78, 5) is 25.2. The van der Waals surface area contributed by atoms with Crippen LogP contribution in [0.2, 0.25) is 0 Å². The van der Waals surface area contributed by atoms with Crippen molar-refractivity contribution in [3.63, 3.8) is 0 Å². The summed E-state index contributed by atoms with van der Waals surface area (Å²) >= 11 is 1.47. The van der Waals surface area contributed by atoms with Gasteiger partial charge in [0.1, 0.15) is 11.8 Å². The van der Waals surface area contributed by atoms with Crippen molar-refractivity contribution in [1.29, 1.82) is 0 Å². The summed E-state index contributed by atoms with van der Waals surface area (Å²) in [6, 6.07) is -0.684. The molecule has 2 heterocycles. The Morgan fingerprint density at radius 3 is 2.77 bits per heavy atom. The number of thioether (sulfide) groups is 1. The van der Waals surface area contributed by atoms with Crippen LogP contribution >= 0.6 is 11.8 Å². The Morgan fingerprint density at radius 2 is 2.18 bits per heavy atom. The lowest BCUT2D eigenvalue weighted by Gasteiger charge is -2.36. The zero-order valence-electron chi connectivity index (χ0n) is 13.2. The number of aliphatic carboxylic acids is 1. The van der Waals surface area contributed by atoms with Gasteiger partial charge in [0.15, 0.2) is 0 Å². The quantitative estimate of drug-likeness (QED) is 0.893. The van der Waals surface area contributed by atoms with Gasteiger partial charge in [0.2, 0.25) is 5.91 Å². The molecule has 1 saturated heterocycles. The smallest absolute Gasteiger partial charge is 0.326 e. The van der Waals surface area contributed by atoms with Crippen LogP contribution in [0.4, 0.5) is 0 Å². The Bertz CT molecular complexity index is 538. The molecule has 0 aliphatic carbocycles. The number of aryl methyl sites for hydroxylation is 2. The Labute approximate surface area is 134 Å². The molecule has 0 saturated carbocycles. The van der Waals surface area contributed by atoms with E-state index in [0.717, 1.165) is 23.4 Å². The van der Waals surface area contributed by atoms with E-state index in [9.17, 15) is 14.7 Å². The number of carboxylic acid groups (broad SMARTS) is 1. The van der Waals surface area contributed by atoms with E-state index in [0.29, 0.717) is 24.6 Å². The highest BCUT2D eigenvalue weighted by Crippen LogP contribution is 2.25. The van der Waals surface area contributed by atoms with Crippen LogP contribution in [0.1, 0.15) is 36.8 Å². The number of nitrogens with zero attached hydrogens (tertiary/aromatic N) is 2. The summed E-state index contributed by atoms with van der Waals surface area (Å²) in [6.07, 6.45) is 1.40. The first-order valence-corrected chi connectivity index (χ1v) is 8.57. The lowest BCUT2D eigenvalue weighted by molar-refractivity contribution is -0.151. The summed E-state index contributed by atoms with van der Waals surface area (Å²) in [7, 11) is 0. The van der Waals surface area contributed by atoms with Gasteiger partial charge in [0, 0.05) is 17.9 Å². The molecule has 1 aliphatic rings. The molecular weight excluding hydrogens is 304 g/mol. The van der Waals surface area contributed by atoms with Crippen LogP contribution in [0, 0.1) is 19.8 Å². The van der Waals surface area contributed by atoms with Crippen LogP contribution in [0.3, 0.4) is 0 Å². The van der Waals surface area contributed by atoms with Crippen molar-refractivity contribution in [3.8, 4) is 0 Å². The van der Waals surface area contributed by atoms with Crippen molar-refractivity contribution in [1.82, 2.24) is 10.1 Å². The Hall–Kier alpha value is -1.50. The number of carbonyl (C=O) groups is 2. The van der Waals surface area contributed by atoms with E-state index in [1.54, 1.807) is 0 Å². The molecule has 7 heteroatoms. The van der Waals surface area contributed by atoms with Crippen LogP contribution in [0.5, 0.6) is 0 Å². The fraction of sp³-hybridized carbons (Fsp3) is 0.667. The van der Waals surface area contributed by atoms with E-state index in [4.69, 9.17) is 4.52 Å². The van der Waals surface area contributed by atoms with Crippen LogP contribution in [0.15, 0.2) is 4.52 Å².